The molecule has 1 aromatic carbocycles. The van der Waals surface area contributed by atoms with E-state index in [0.717, 1.165) is 26.2 Å². The number of nitriles is 1. The zero-order chi connectivity index (χ0) is 12.1. The van der Waals surface area contributed by atoms with Crippen molar-refractivity contribution in [1.29, 1.82) is 5.26 Å². The van der Waals surface area contributed by atoms with Crippen LogP contribution in [0.25, 0.3) is 0 Å². The zero-order valence-electron chi connectivity index (χ0n) is 10.5. The summed E-state index contributed by atoms with van der Waals surface area (Å²) in [7, 11) is 0. The van der Waals surface area contributed by atoms with E-state index >= 15 is 0 Å². The van der Waals surface area contributed by atoms with Gasteiger partial charge in [0.25, 0.3) is 0 Å². The molecule has 0 amide bonds. The molecule has 0 aromatic heterocycles. The van der Waals surface area contributed by atoms with Gasteiger partial charge in [-0.05, 0) is 40.3 Å². The molecular formula is C13H18Cl2IN3. The summed E-state index contributed by atoms with van der Waals surface area (Å²) >= 11 is 2.32. The third-order valence-electron chi connectivity index (χ3n) is 3.11. The van der Waals surface area contributed by atoms with Crippen LogP contribution in [0.2, 0.25) is 0 Å². The van der Waals surface area contributed by atoms with Gasteiger partial charge in [0.15, 0.2) is 0 Å². The number of rotatable bonds is 3. The highest BCUT2D eigenvalue weighted by atomic mass is 127. The quantitative estimate of drug-likeness (QED) is 0.774. The van der Waals surface area contributed by atoms with E-state index in [0.29, 0.717) is 6.42 Å². The molecule has 0 radical (unpaired) electrons. The molecule has 1 N–H and O–H groups in total. The van der Waals surface area contributed by atoms with E-state index in [-0.39, 0.29) is 30.9 Å². The van der Waals surface area contributed by atoms with E-state index in [1.807, 2.05) is 0 Å². The van der Waals surface area contributed by atoms with E-state index < -0.39 is 0 Å². The molecule has 0 unspecified atom stereocenters. The Bertz CT molecular complexity index is 417. The minimum absolute atomic E-state index is 0. The van der Waals surface area contributed by atoms with Crippen LogP contribution in [-0.2, 0) is 0 Å². The summed E-state index contributed by atoms with van der Waals surface area (Å²) in [6, 6.07) is 11.0. The first-order chi connectivity index (χ1) is 8.31. The van der Waals surface area contributed by atoms with Crippen molar-refractivity contribution in [1.82, 2.24) is 10.2 Å². The smallest absolute Gasteiger partial charge is 0.0641 e. The number of halogens is 3. The lowest BCUT2D eigenvalue weighted by Crippen LogP contribution is -2.45. The number of benzene rings is 1. The van der Waals surface area contributed by atoms with Crippen LogP contribution in [0.15, 0.2) is 24.3 Å². The fourth-order valence-corrected chi connectivity index (χ4v) is 2.82. The van der Waals surface area contributed by atoms with Gasteiger partial charge in [-0.1, -0.05) is 12.1 Å². The fraction of sp³-hybridized carbons (Fsp3) is 0.462. The monoisotopic (exact) mass is 413 g/mol. The molecule has 106 valence electrons. The lowest BCUT2D eigenvalue weighted by Gasteiger charge is -2.34. The van der Waals surface area contributed by atoms with Crippen LogP contribution < -0.4 is 5.32 Å². The molecule has 0 bridgehead atoms. The van der Waals surface area contributed by atoms with Crippen molar-refractivity contribution in [2.24, 2.45) is 0 Å². The normalized spacial score (nSPS) is 16.6. The molecule has 1 aromatic rings. The fourth-order valence-electron chi connectivity index (χ4n) is 2.25. The van der Waals surface area contributed by atoms with E-state index in [9.17, 15) is 0 Å². The van der Waals surface area contributed by atoms with Gasteiger partial charge in [0.2, 0.25) is 0 Å². The van der Waals surface area contributed by atoms with Crippen molar-refractivity contribution in [2.45, 2.75) is 12.5 Å². The third kappa shape index (κ3) is 5.44. The lowest BCUT2D eigenvalue weighted by atomic mass is 10.0. The van der Waals surface area contributed by atoms with E-state index in [1.54, 1.807) is 0 Å². The van der Waals surface area contributed by atoms with Crippen molar-refractivity contribution in [3.8, 4) is 6.07 Å². The van der Waals surface area contributed by atoms with Crippen molar-refractivity contribution in [3.63, 3.8) is 0 Å². The summed E-state index contributed by atoms with van der Waals surface area (Å²) < 4.78 is 1.23. The summed E-state index contributed by atoms with van der Waals surface area (Å²) in [4.78, 5) is 2.41. The molecule has 3 nitrogen and oxygen atoms in total. The predicted molar refractivity (Wildman–Crippen MR) is 91.1 cm³/mol. The Morgan fingerprint density at radius 1 is 1.32 bits per heavy atom. The number of piperazine rings is 1. The topological polar surface area (TPSA) is 39.1 Å². The average molecular weight is 414 g/mol. The Kier molecular flexibility index (Phi) is 9.75. The second-order valence-corrected chi connectivity index (χ2v) is 5.46. The van der Waals surface area contributed by atoms with Gasteiger partial charge >= 0.3 is 0 Å². The molecule has 2 rings (SSSR count). The maximum Gasteiger partial charge on any atom is 0.0641 e. The van der Waals surface area contributed by atoms with Crippen LogP contribution in [-0.4, -0.2) is 31.1 Å². The second-order valence-electron chi connectivity index (χ2n) is 4.22. The van der Waals surface area contributed by atoms with Gasteiger partial charge in [-0.25, -0.2) is 0 Å². The van der Waals surface area contributed by atoms with Gasteiger partial charge in [0, 0.05) is 35.8 Å². The molecule has 0 spiro atoms. The van der Waals surface area contributed by atoms with Gasteiger partial charge in [-0.2, -0.15) is 5.26 Å². The third-order valence-corrected chi connectivity index (χ3v) is 3.78. The minimum atomic E-state index is 0. The maximum atomic E-state index is 9.00. The molecule has 1 atom stereocenters. The summed E-state index contributed by atoms with van der Waals surface area (Å²) in [5, 5.41) is 12.4. The molecule has 6 heteroatoms. The molecule has 0 aliphatic carbocycles. The average Bonchev–Trinajstić information content (AvgIpc) is 2.37. The standard InChI is InChI=1S/C13H16IN3.2ClH/c14-12-3-1-2-11(10-12)13(4-5-15)17-8-6-16-7-9-17;;/h1-3,10,13,16H,4,6-9H2;2*1H/t13-;;/m1../s1. The first-order valence-corrected chi connectivity index (χ1v) is 6.96. The first-order valence-electron chi connectivity index (χ1n) is 5.88. The largest absolute Gasteiger partial charge is 0.314 e. The van der Waals surface area contributed by atoms with Gasteiger partial charge in [0.05, 0.1) is 12.5 Å². The highest BCUT2D eigenvalue weighted by molar-refractivity contribution is 14.1. The number of hydrogen-bond acceptors (Lipinski definition) is 3. The van der Waals surface area contributed by atoms with Gasteiger partial charge < -0.3 is 5.32 Å². The minimum Gasteiger partial charge on any atom is -0.314 e. The van der Waals surface area contributed by atoms with Crippen LogP contribution >= 0.6 is 47.4 Å². The van der Waals surface area contributed by atoms with Crippen LogP contribution in [0.1, 0.15) is 18.0 Å². The van der Waals surface area contributed by atoms with Gasteiger partial charge in [-0.15, -0.1) is 24.8 Å². The maximum absolute atomic E-state index is 9.00. The Balaban J connectivity index is 0.00000162. The van der Waals surface area contributed by atoms with Crippen LogP contribution in [0, 0.1) is 14.9 Å². The summed E-state index contributed by atoms with van der Waals surface area (Å²) in [5.74, 6) is 0. The SMILES string of the molecule is Cl.Cl.N#CC[C@H](c1cccc(I)c1)N1CCNCC1. The van der Waals surface area contributed by atoms with Gasteiger partial charge in [-0.3, -0.25) is 4.90 Å². The van der Waals surface area contributed by atoms with Crippen molar-refractivity contribution in [3.05, 3.63) is 33.4 Å². The molecular weight excluding hydrogens is 396 g/mol. The second kappa shape index (κ2) is 9.78. The lowest BCUT2D eigenvalue weighted by molar-refractivity contribution is 0.175. The zero-order valence-corrected chi connectivity index (χ0v) is 14.3. The number of nitrogens with zero attached hydrogens (tertiary/aromatic N) is 2. The summed E-state index contributed by atoms with van der Waals surface area (Å²) in [6.07, 6.45) is 0.570. The summed E-state index contributed by atoms with van der Waals surface area (Å²) in [5.41, 5.74) is 1.26. The number of hydrogen-bond donors (Lipinski definition) is 1. The molecule has 1 aliphatic heterocycles. The highest BCUT2D eigenvalue weighted by Crippen LogP contribution is 2.25. The van der Waals surface area contributed by atoms with Crippen molar-refractivity contribution in [2.75, 3.05) is 26.2 Å². The van der Waals surface area contributed by atoms with E-state index in [1.165, 1.54) is 9.13 Å². The van der Waals surface area contributed by atoms with Crippen LogP contribution in [0.5, 0.6) is 0 Å². The highest BCUT2D eigenvalue weighted by Gasteiger charge is 2.21. The summed E-state index contributed by atoms with van der Waals surface area (Å²) in [6.45, 7) is 4.09. The van der Waals surface area contributed by atoms with Crippen LogP contribution in [0.3, 0.4) is 0 Å². The van der Waals surface area contributed by atoms with E-state index in [2.05, 4.69) is 63.1 Å². The van der Waals surface area contributed by atoms with Crippen molar-refractivity contribution >= 4 is 47.4 Å². The first kappa shape index (κ1) is 18.9. The molecule has 1 aliphatic rings. The molecule has 0 saturated carbocycles. The van der Waals surface area contributed by atoms with Crippen LogP contribution in [0.4, 0.5) is 0 Å². The number of nitrogens with one attached hydrogen (secondary N) is 1. The Labute approximate surface area is 140 Å². The molecule has 19 heavy (non-hydrogen) atoms. The van der Waals surface area contributed by atoms with Crippen molar-refractivity contribution < 1.29 is 0 Å². The Hall–Kier alpha value is -0.0600. The van der Waals surface area contributed by atoms with Gasteiger partial charge in [0.1, 0.15) is 0 Å². The molecule has 1 fully saturated rings. The molecule has 1 heterocycles. The Morgan fingerprint density at radius 2 is 2.00 bits per heavy atom. The van der Waals surface area contributed by atoms with E-state index in [4.69, 9.17) is 5.26 Å². The predicted octanol–water partition coefficient (Wildman–Crippen LogP) is 2.99. The molecule has 1 saturated heterocycles. The Morgan fingerprint density at radius 3 is 2.58 bits per heavy atom.